The molecule has 0 bridgehead atoms. The Morgan fingerprint density at radius 3 is 2.52 bits per heavy atom. The van der Waals surface area contributed by atoms with E-state index >= 15 is 0 Å². The molecule has 1 unspecified atom stereocenters. The van der Waals surface area contributed by atoms with Crippen molar-refractivity contribution in [2.24, 2.45) is 0 Å². The maximum atomic E-state index is 13.7. The molecule has 0 aliphatic carbocycles. The second-order valence-electron chi connectivity index (χ2n) is 4.14. The molecule has 1 rings (SSSR count). The maximum Gasteiger partial charge on any atom is 0.347 e. The van der Waals surface area contributed by atoms with Gasteiger partial charge in [-0.1, -0.05) is 13.3 Å². The molecule has 1 atom stereocenters. The van der Waals surface area contributed by atoms with Crippen molar-refractivity contribution in [1.82, 2.24) is 0 Å². The zero-order chi connectivity index (χ0) is 16.0. The van der Waals surface area contributed by atoms with Crippen LogP contribution in [0, 0.1) is 21.7 Å². The third-order valence-corrected chi connectivity index (χ3v) is 2.57. The minimum Gasteiger partial charge on any atom is -0.476 e. The van der Waals surface area contributed by atoms with E-state index in [0.29, 0.717) is 18.6 Å². The first-order chi connectivity index (χ1) is 9.90. The number of carbonyl (C=O) groups is 1. The van der Waals surface area contributed by atoms with Gasteiger partial charge in [-0.2, -0.15) is 4.39 Å². The molecule has 0 amide bonds. The Morgan fingerprint density at radius 1 is 1.33 bits per heavy atom. The first-order valence-corrected chi connectivity index (χ1v) is 6.37. The predicted molar refractivity (Wildman–Crippen MR) is 69.0 cm³/mol. The summed E-state index contributed by atoms with van der Waals surface area (Å²) in [5.41, 5.74) is -0.997. The lowest BCUT2D eigenvalue weighted by molar-refractivity contribution is -0.387. The van der Waals surface area contributed by atoms with E-state index in [4.69, 9.17) is 9.47 Å². The van der Waals surface area contributed by atoms with Crippen LogP contribution in [0.25, 0.3) is 0 Å². The number of halogens is 2. The normalized spacial score (nSPS) is 11.8. The highest BCUT2D eigenvalue weighted by Crippen LogP contribution is 2.27. The number of carbonyl (C=O) groups excluding carboxylic acids is 1. The third-order valence-electron chi connectivity index (χ3n) is 2.57. The molecule has 0 aromatic heterocycles. The molecule has 8 heteroatoms. The summed E-state index contributed by atoms with van der Waals surface area (Å²) < 4.78 is 37.0. The van der Waals surface area contributed by atoms with Crippen LogP contribution in [0.15, 0.2) is 12.1 Å². The molecule has 0 fully saturated rings. The van der Waals surface area contributed by atoms with Crippen LogP contribution in [0.3, 0.4) is 0 Å². The zero-order valence-electron chi connectivity index (χ0n) is 11.6. The van der Waals surface area contributed by atoms with Crippen molar-refractivity contribution >= 4 is 11.7 Å². The van der Waals surface area contributed by atoms with E-state index in [9.17, 15) is 23.7 Å². The SMILES string of the molecule is CCCC(Oc1cc(F)c([N+](=O)[O-])cc1F)C(=O)OCC. The molecule has 0 heterocycles. The van der Waals surface area contributed by atoms with Crippen LogP contribution in [0.5, 0.6) is 5.75 Å². The summed E-state index contributed by atoms with van der Waals surface area (Å²) in [5, 5.41) is 10.5. The van der Waals surface area contributed by atoms with Gasteiger partial charge in [-0.15, -0.1) is 0 Å². The van der Waals surface area contributed by atoms with Crippen LogP contribution in [-0.2, 0) is 9.53 Å². The number of nitro benzene ring substituents is 1. The lowest BCUT2D eigenvalue weighted by Gasteiger charge is -2.17. The average Bonchev–Trinajstić information content (AvgIpc) is 2.41. The van der Waals surface area contributed by atoms with Gasteiger partial charge in [0.2, 0.25) is 5.82 Å². The van der Waals surface area contributed by atoms with E-state index in [-0.39, 0.29) is 13.0 Å². The maximum absolute atomic E-state index is 13.7. The van der Waals surface area contributed by atoms with Crippen molar-refractivity contribution < 1.29 is 28.0 Å². The molecule has 0 N–H and O–H groups in total. The van der Waals surface area contributed by atoms with E-state index in [1.54, 1.807) is 13.8 Å². The lowest BCUT2D eigenvalue weighted by Crippen LogP contribution is -2.29. The van der Waals surface area contributed by atoms with Gasteiger partial charge < -0.3 is 9.47 Å². The average molecular weight is 303 g/mol. The number of nitrogens with zero attached hydrogens (tertiary/aromatic N) is 1. The number of nitro groups is 1. The molecule has 0 aliphatic heterocycles. The summed E-state index contributed by atoms with van der Waals surface area (Å²) >= 11 is 0. The molecule has 0 radical (unpaired) electrons. The number of esters is 1. The smallest absolute Gasteiger partial charge is 0.347 e. The largest absolute Gasteiger partial charge is 0.476 e. The molecule has 1 aromatic carbocycles. The molecular weight excluding hydrogens is 288 g/mol. The Kier molecular flexibility index (Phi) is 6.01. The molecule has 116 valence electrons. The number of benzene rings is 1. The fraction of sp³-hybridized carbons (Fsp3) is 0.462. The van der Waals surface area contributed by atoms with Crippen molar-refractivity contribution in [2.75, 3.05) is 6.61 Å². The molecule has 6 nitrogen and oxygen atoms in total. The van der Waals surface area contributed by atoms with Crippen LogP contribution >= 0.6 is 0 Å². The highest BCUT2D eigenvalue weighted by atomic mass is 19.1. The second-order valence-corrected chi connectivity index (χ2v) is 4.14. The predicted octanol–water partition coefficient (Wildman–Crippen LogP) is 2.98. The number of hydrogen-bond donors (Lipinski definition) is 0. The van der Waals surface area contributed by atoms with Crippen LogP contribution in [0.1, 0.15) is 26.7 Å². The van der Waals surface area contributed by atoms with Crippen molar-refractivity contribution in [1.29, 1.82) is 0 Å². The fourth-order valence-corrected chi connectivity index (χ4v) is 1.62. The zero-order valence-corrected chi connectivity index (χ0v) is 11.6. The summed E-state index contributed by atoms with van der Waals surface area (Å²) in [5.74, 6) is -3.62. The summed E-state index contributed by atoms with van der Waals surface area (Å²) in [7, 11) is 0. The van der Waals surface area contributed by atoms with Crippen molar-refractivity contribution in [3.63, 3.8) is 0 Å². The monoisotopic (exact) mass is 303 g/mol. The highest BCUT2D eigenvalue weighted by Gasteiger charge is 2.25. The Morgan fingerprint density at radius 2 is 2.00 bits per heavy atom. The molecule has 0 spiro atoms. The molecule has 1 aromatic rings. The lowest BCUT2D eigenvalue weighted by atomic mass is 10.2. The summed E-state index contributed by atoms with van der Waals surface area (Å²) in [4.78, 5) is 21.1. The van der Waals surface area contributed by atoms with Gasteiger partial charge in [0, 0.05) is 6.07 Å². The van der Waals surface area contributed by atoms with Gasteiger partial charge in [-0.05, 0) is 13.3 Å². The van der Waals surface area contributed by atoms with Gasteiger partial charge in [0.25, 0.3) is 0 Å². The quantitative estimate of drug-likeness (QED) is 0.439. The van der Waals surface area contributed by atoms with E-state index in [1.165, 1.54) is 0 Å². The number of hydrogen-bond acceptors (Lipinski definition) is 5. The van der Waals surface area contributed by atoms with Crippen LogP contribution in [0.4, 0.5) is 14.5 Å². The Bertz CT molecular complexity index is 536. The highest BCUT2D eigenvalue weighted by molar-refractivity contribution is 5.75. The number of ether oxygens (including phenoxy) is 2. The van der Waals surface area contributed by atoms with Crippen molar-refractivity contribution in [3.05, 3.63) is 33.9 Å². The topological polar surface area (TPSA) is 78.7 Å². The van der Waals surface area contributed by atoms with Crippen LogP contribution < -0.4 is 4.74 Å². The van der Waals surface area contributed by atoms with Gasteiger partial charge in [0.1, 0.15) is 0 Å². The van der Waals surface area contributed by atoms with E-state index in [1.807, 2.05) is 0 Å². The van der Waals surface area contributed by atoms with E-state index in [2.05, 4.69) is 0 Å². The first kappa shape index (κ1) is 16.8. The molecular formula is C13H15F2NO5. The minimum atomic E-state index is -1.24. The standard InChI is InChI=1S/C13H15F2NO5/c1-3-5-11(13(17)20-4-2)21-12-7-8(14)10(16(18)19)6-9(12)15/h6-7,11H,3-5H2,1-2H3. The van der Waals surface area contributed by atoms with Crippen LogP contribution in [-0.4, -0.2) is 23.6 Å². The van der Waals surface area contributed by atoms with Crippen molar-refractivity contribution in [3.8, 4) is 5.75 Å². The molecule has 0 saturated carbocycles. The van der Waals surface area contributed by atoms with Crippen molar-refractivity contribution in [2.45, 2.75) is 32.8 Å². The van der Waals surface area contributed by atoms with Gasteiger partial charge in [-0.25, -0.2) is 9.18 Å². The van der Waals surface area contributed by atoms with E-state index in [0.717, 1.165) is 0 Å². The fourth-order valence-electron chi connectivity index (χ4n) is 1.62. The van der Waals surface area contributed by atoms with Gasteiger partial charge >= 0.3 is 11.7 Å². The minimum absolute atomic E-state index is 0.125. The summed E-state index contributed by atoms with van der Waals surface area (Å²) in [6, 6.07) is 0.966. The Balaban J connectivity index is 3.01. The summed E-state index contributed by atoms with van der Waals surface area (Å²) in [6.07, 6.45) is -0.289. The van der Waals surface area contributed by atoms with Gasteiger partial charge in [-0.3, -0.25) is 10.1 Å². The molecule has 21 heavy (non-hydrogen) atoms. The summed E-state index contributed by atoms with van der Waals surface area (Å²) in [6.45, 7) is 3.51. The first-order valence-electron chi connectivity index (χ1n) is 6.37. The second kappa shape index (κ2) is 7.51. The Labute approximate surface area is 119 Å². The molecule has 0 aliphatic rings. The number of rotatable bonds is 7. The Hall–Kier alpha value is -2.25. The van der Waals surface area contributed by atoms with Crippen LogP contribution in [0.2, 0.25) is 0 Å². The van der Waals surface area contributed by atoms with Gasteiger partial charge in [0.05, 0.1) is 17.6 Å². The molecule has 0 saturated heterocycles. The third kappa shape index (κ3) is 4.37. The van der Waals surface area contributed by atoms with E-state index < -0.39 is 40.1 Å². The van der Waals surface area contributed by atoms with Gasteiger partial charge in [0.15, 0.2) is 17.7 Å².